The van der Waals surface area contributed by atoms with Crippen LogP contribution < -0.4 is 15.4 Å². The molecule has 1 fully saturated rings. The average molecular weight is 571 g/mol. The van der Waals surface area contributed by atoms with Crippen molar-refractivity contribution < 1.29 is 24.1 Å². The maximum atomic E-state index is 12.6. The number of thioether (sulfide) groups is 1. The van der Waals surface area contributed by atoms with Crippen LogP contribution in [0.25, 0.3) is 0 Å². The summed E-state index contributed by atoms with van der Waals surface area (Å²) in [5, 5.41) is 15.3. The molecule has 5 rings (SSSR count). The SMILES string of the molecule is COc1ccccc1SC[C@H]1C[C@@H](c2ccc(CO)cc2)O[C@@H](c2cccc(NC(=O)NCc3ccccc3)c2)O1. The van der Waals surface area contributed by atoms with Gasteiger partial charge in [0, 0.05) is 34.9 Å². The van der Waals surface area contributed by atoms with E-state index in [1.54, 1.807) is 18.9 Å². The molecule has 0 unspecified atom stereocenters. The fourth-order valence-electron chi connectivity index (χ4n) is 4.66. The second-order valence-electron chi connectivity index (χ2n) is 9.73. The second kappa shape index (κ2) is 14.2. The van der Waals surface area contributed by atoms with E-state index in [-0.39, 0.29) is 24.8 Å². The summed E-state index contributed by atoms with van der Waals surface area (Å²) in [7, 11) is 1.68. The number of aliphatic hydroxyl groups excluding tert-OH is 1. The van der Waals surface area contributed by atoms with Gasteiger partial charge in [-0.2, -0.15) is 0 Å². The molecule has 0 aromatic heterocycles. The van der Waals surface area contributed by atoms with Crippen LogP contribution in [-0.4, -0.2) is 30.1 Å². The van der Waals surface area contributed by atoms with Gasteiger partial charge in [0.25, 0.3) is 0 Å². The zero-order chi connectivity index (χ0) is 28.4. The molecule has 212 valence electrons. The molecule has 4 aromatic rings. The monoisotopic (exact) mass is 570 g/mol. The highest BCUT2D eigenvalue weighted by Gasteiger charge is 2.32. The summed E-state index contributed by atoms with van der Waals surface area (Å²) in [5.41, 5.74) is 4.36. The minimum absolute atomic E-state index is 0.00552. The van der Waals surface area contributed by atoms with E-state index in [0.29, 0.717) is 24.4 Å². The Hall–Kier alpha value is -3.82. The van der Waals surface area contributed by atoms with Gasteiger partial charge in [-0.15, -0.1) is 11.8 Å². The summed E-state index contributed by atoms with van der Waals surface area (Å²) in [6, 6.07) is 32.8. The molecular formula is C33H34N2O5S. The van der Waals surface area contributed by atoms with E-state index in [4.69, 9.17) is 14.2 Å². The van der Waals surface area contributed by atoms with Crippen LogP contribution in [0.4, 0.5) is 10.5 Å². The zero-order valence-corrected chi connectivity index (χ0v) is 23.7. The van der Waals surface area contributed by atoms with Crippen LogP contribution in [0.5, 0.6) is 5.75 Å². The summed E-state index contributed by atoms with van der Waals surface area (Å²) in [6.45, 7) is 0.429. The first kappa shape index (κ1) is 28.7. The van der Waals surface area contributed by atoms with Crippen molar-refractivity contribution in [2.75, 3.05) is 18.2 Å². The summed E-state index contributed by atoms with van der Waals surface area (Å²) in [6.07, 6.45) is -0.243. The predicted molar refractivity (Wildman–Crippen MR) is 161 cm³/mol. The molecule has 1 aliphatic heterocycles. The fourth-order valence-corrected chi connectivity index (χ4v) is 5.71. The molecule has 4 aromatic carbocycles. The van der Waals surface area contributed by atoms with E-state index in [0.717, 1.165) is 32.9 Å². The van der Waals surface area contributed by atoms with Crippen molar-refractivity contribution in [3.63, 3.8) is 0 Å². The van der Waals surface area contributed by atoms with Gasteiger partial charge in [0.1, 0.15) is 5.75 Å². The lowest BCUT2D eigenvalue weighted by molar-refractivity contribution is -0.245. The van der Waals surface area contributed by atoms with Gasteiger partial charge in [-0.1, -0.05) is 78.9 Å². The normalized spacial score (nSPS) is 18.4. The molecule has 0 bridgehead atoms. The Morgan fingerprint density at radius 1 is 0.902 bits per heavy atom. The number of carbonyl (C=O) groups excluding carboxylic acids is 1. The van der Waals surface area contributed by atoms with E-state index < -0.39 is 6.29 Å². The standard InChI is InChI=1S/C33H34N2O5S/c1-38-29-12-5-6-13-31(29)41-22-28-19-30(25-16-14-24(21-36)15-17-25)40-32(39-28)26-10-7-11-27(18-26)35-33(37)34-20-23-8-3-2-4-9-23/h2-18,28,30,32,36H,19-22H2,1H3,(H2,34,35,37)/t28-,30+,32+/m1/s1. The van der Waals surface area contributed by atoms with Crippen molar-refractivity contribution in [3.8, 4) is 5.75 Å². The van der Waals surface area contributed by atoms with Gasteiger partial charge < -0.3 is 30.0 Å². The van der Waals surface area contributed by atoms with Crippen LogP contribution in [0.1, 0.15) is 41.1 Å². The predicted octanol–water partition coefficient (Wildman–Crippen LogP) is 6.85. The number of hydrogen-bond donors (Lipinski definition) is 3. The highest BCUT2D eigenvalue weighted by atomic mass is 32.2. The maximum absolute atomic E-state index is 12.6. The lowest BCUT2D eigenvalue weighted by Crippen LogP contribution is -2.31. The largest absolute Gasteiger partial charge is 0.496 e. The number of aliphatic hydroxyl groups is 1. The molecule has 1 heterocycles. The summed E-state index contributed by atoms with van der Waals surface area (Å²) >= 11 is 1.69. The minimum Gasteiger partial charge on any atom is -0.496 e. The van der Waals surface area contributed by atoms with Crippen molar-refractivity contribution in [2.45, 2.75) is 43.0 Å². The molecule has 3 N–H and O–H groups in total. The third-order valence-corrected chi connectivity index (χ3v) is 8.01. The third kappa shape index (κ3) is 7.89. The topological polar surface area (TPSA) is 89.0 Å². The Bertz CT molecular complexity index is 1420. The number of para-hydroxylation sites is 1. The number of rotatable bonds is 10. The van der Waals surface area contributed by atoms with Gasteiger partial charge in [-0.3, -0.25) is 0 Å². The Morgan fingerprint density at radius 3 is 2.46 bits per heavy atom. The number of ether oxygens (including phenoxy) is 3. The van der Waals surface area contributed by atoms with Gasteiger partial charge in [0.05, 0.1) is 25.9 Å². The smallest absolute Gasteiger partial charge is 0.319 e. The molecule has 3 atom stereocenters. The number of benzene rings is 4. The van der Waals surface area contributed by atoms with Crippen LogP contribution in [0.2, 0.25) is 0 Å². The van der Waals surface area contributed by atoms with Crippen LogP contribution in [-0.2, 0) is 22.6 Å². The van der Waals surface area contributed by atoms with Crippen molar-refractivity contribution in [3.05, 3.63) is 125 Å². The van der Waals surface area contributed by atoms with Crippen molar-refractivity contribution in [1.29, 1.82) is 0 Å². The first-order valence-corrected chi connectivity index (χ1v) is 14.5. The Morgan fingerprint density at radius 2 is 1.68 bits per heavy atom. The molecular weight excluding hydrogens is 536 g/mol. The highest BCUT2D eigenvalue weighted by Crippen LogP contribution is 2.40. The number of anilines is 1. The van der Waals surface area contributed by atoms with E-state index in [1.165, 1.54) is 0 Å². The number of nitrogens with one attached hydrogen (secondary N) is 2. The second-order valence-corrected chi connectivity index (χ2v) is 10.8. The van der Waals surface area contributed by atoms with E-state index in [1.807, 2.05) is 103 Å². The van der Waals surface area contributed by atoms with Crippen molar-refractivity contribution in [1.82, 2.24) is 5.32 Å². The molecule has 1 aliphatic rings. The lowest BCUT2D eigenvalue weighted by Gasteiger charge is -2.36. The minimum atomic E-state index is -0.622. The number of hydrogen-bond acceptors (Lipinski definition) is 6. The van der Waals surface area contributed by atoms with Gasteiger partial charge >= 0.3 is 6.03 Å². The third-order valence-electron chi connectivity index (χ3n) is 6.82. The number of urea groups is 1. The summed E-state index contributed by atoms with van der Waals surface area (Å²) < 4.78 is 18.5. The van der Waals surface area contributed by atoms with Crippen LogP contribution in [0, 0.1) is 0 Å². The quantitative estimate of drug-likeness (QED) is 0.181. The van der Waals surface area contributed by atoms with Gasteiger partial charge in [0.15, 0.2) is 6.29 Å². The molecule has 41 heavy (non-hydrogen) atoms. The van der Waals surface area contributed by atoms with Gasteiger partial charge in [-0.05, 0) is 41.0 Å². The molecule has 7 nitrogen and oxygen atoms in total. The first-order chi connectivity index (χ1) is 20.1. The number of methoxy groups -OCH3 is 1. The molecule has 0 aliphatic carbocycles. The summed E-state index contributed by atoms with van der Waals surface area (Å²) in [5.74, 6) is 1.55. The van der Waals surface area contributed by atoms with E-state index in [9.17, 15) is 9.90 Å². The number of carbonyl (C=O) groups is 1. The van der Waals surface area contributed by atoms with Gasteiger partial charge in [-0.25, -0.2) is 4.79 Å². The first-order valence-electron chi connectivity index (χ1n) is 13.6. The fraction of sp³-hybridized carbons (Fsp3) is 0.242. The number of amides is 2. The van der Waals surface area contributed by atoms with Crippen LogP contribution in [0.3, 0.4) is 0 Å². The molecule has 2 amide bonds. The Balaban J connectivity index is 1.30. The van der Waals surface area contributed by atoms with E-state index in [2.05, 4.69) is 10.6 Å². The van der Waals surface area contributed by atoms with E-state index >= 15 is 0 Å². The van der Waals surface area contributed by atoms with Gasteiger partial charge in [0.2, 0.25) is 0 Å². The molecule has 1 saturated heterocycles. The lowest BCUT2D eigenvalue weighted by atomic mass is 10.0. The van der Waals surface area contributed by atoms with Crippen LogP contribution in [0.15, 0.2) is 108 Å². The molecule has 8 heteroatoms. The molecule has 0 saturated carbocycles. The highest BCUT2D eigenvalue weighted by molar-refractivity contribution is 7.99. The summed E-state index contributed by atoms with van der Waals surface area (Å²) in [4.78, 5) is 13.6. The Kier molecular flexibility index (Phi) is 9.93. The van der Waals surface area contributed by atoms with Crippen molar-refractivity contribution >= 4 is 23.5 Å². The molecule has 0 spiro atoms. The van der Waals surface area contributed by atoms with Crippen LogP contribution >= 0.6 is 11.8 Å². The van der Waals surface area contributed by atoms with Crippen molar-refractivity contribution in [2.24, 2.45) is 0 Å². The molecule has 0 radical (unpaired) electrons. The maximum Gasteiger partial charge on any atom is 0.319 e. The Labute approximate surface area is 244 Å². The zero-order valence-electron chi connectivity index (χ0n) is 22.9. The average Bonchev–Trinajstić information content (AvgIpc) is 3.03.